The van der Waals surface area contributed by atoms with Crippen molar-refractivity contribution in [1.29, 1.82) is 0 Å². The van der Waals surface area contributed by atoms with Crippen LogP contribution in [0.15, 0.2) is 30.9 Å². The van der Waals surface area contributed by atoms with E-state index in [9.17, 15) is 14.7 Å². The summed E-state index contributed by atoms with van der Waals surface area (Å²) in [4.78, 5) is 30.0. The van der Waals surface area contributed by atoms with Gasteiger partial charge in [0.05, 0.1) is 38.8 Å². The van der Waals surface area contributed by atoms with Gasteiger partial charge in [0.15, 0.2) is 0 Å². The van der Waals surface area contributed by atoms with Gasteiger partial charge in [-0.25, -0.2) is 4.52 Å². The van der Waals surface area contributed by atoms with Crippen LogP contribution in [0.1, 0.15) is 32.0 Å². The molecule has 3 N–H and O–H groups in total. The third-order valence-corrected chi connectivity index (χ3v) is 8.07. The molecular formula is C22H25N7O3S2. The van der Waals surface area contributed by atoms with Gasteiger partial charge in [-0.15, -0.1) is 22.7 Å². The van der Waals surface area contributed by atoms with Gasteiger partial charge in [0, 0.05) is 51.2 Å². The summed E-state index contributed by atoms with van der Waals surface area (Å²) in [5, 5.41) is 24.6. The highest BCUT2D eigenvalue weighted by Gasteiger charge is 2.21. The van der Waals surface area contributed by atoms with Crippen molar-refractivity contribution in [2.45, 2.75) is 19.4 Å². The molecule has 0 spiro atoms. The Bertz CT molecular complexity index is 1350. The maximum atomic E-state index is 13.0. The first-order chi connectivity index (χ1) is 16.4. The van der Waals surface area contributed by atoms with Crippen LogP contribution in [0.5, 0.6) is 0 Å². The van der Waals surface area contributed by atoms with Gasteiger partial charge in [0.2, 0.25) is 0 Å². The number of nitrogens with zero attached hydrogens (tertiary/aromatic N) is 5. The molecule has 12 heteroatoms. The first kappa shape index (κ1) is 22.7. The van der Waals surface area contributed by atoms with E-state index in [0.29, 0.717) is 35.1 Å². The van der Waals surface area contributed by atoms with E-state index in [4.69, 9.17) is 0 Å². The lowest BCUT2D eigenvalue weighted by atomic mass is 10.3. The fourth-order valence-electron chi connectivity index (χ4n) is 3.94. The topological polar surface area (TPSA) is 117 Å². The number of aliphatic hydroxyl groups excluding tert-OH is 1. The number of fused-ring (bicyclic) bond motifs is 1. The standard InChI is InChI=1S/C22H25N7O3S2/c1-13-7-17(20(32)23-4-6-28-5-3-15(30)11-28)33-21(13)26-19(31)16-9-25-29-12-18(34-22(16)29)14-8-24-27(2)10-14/h7-10,12,15,30H,3-6,11H2,1-2H3,(H,23,32)(H,26,31). The molecule has 10 nitrogen and oxygen atoms in total. The predicted octanol–water partition coefficient (Wildman–Crippen LogP) is 2.21. The Balaban J connectivity index is 1.24. The Morgan fingerprint density at radius 2 is 2.06 bits per heavy atom. The number of nitrogens with one attached hydrogen (secondary N) is 2. The van der Waals surface area contributed by atoms with E-state index in [1.165, 1.54) is 22.7 Å². The number of carbonyl (C=O) groups excluding carboxylic acids is 2. The van der Waals surface area contributed by atoms with Crippen LogP contribution in [-0.2, 0) is 7.05 Å². The van der Waals surface area contributed by atoms with E-state index in [1.807, 2.05) is 26.4 Å². The molecule has 4 aromatic rings. The first-order valence-electron chi connectivity index (χ1n) is 10.9. The number of aromatic nitrogens is 4. The third kappa shape index (κ3) is 4.62. The summed E-state index contributed by atoms with van der Waals surface area (Å²) in [6.45, 7) is 4.59. The molecule has 0 radical (unpaired) electrons. The molecule has 0 bridgehead atoms. The zero-order valence-electron chi connectivity index (χ0n) is 18.8. The normalized spacial score (nSPS) is 16.4. The number of aliphatic hydroxyl groups is 1. The van der Waals surface area contributed by atoms with Gasteiger partial charge in [-0.1, -0.05) is 0 Å². The van der Waals surface area contributed by atoms with Crippen LogP contribution in [0.25, 0.3) is 15.3 Å². The molecule has 5 heterocycles. The van der Waals surface area contributed by atoms with Crippen LogP contribution in [0.3, 0.4) is 0 Å². The number of β-amino-alcohol motifs (C(OH)–C–C–N with tert-alkyl or cyclic N) is 1. The van der Waals surface area contributed by atoms with Gasteiger partial charge < -0.3 is 15.7 Å². The molecule has 1 unspecified atom stereocenters. The summed E-state index contributed by atoms with van der Waals surface area (Å²) in [7, 11) is 1.86. The minimum atomic E-state index is -0.268. The number of likely N-dealkylation sites (tertiary alicyclic amines) is 1. The van der Waals surface area contributed by atoms with Crippen molar-refractivity contribution in [3.05, 3.63) is 46.9 Å². The second-order valence-corrected chi connectivity index (χ2v) is 10.5. The summed E-state index contributed by atoms with van der Waals surface area (Å²) in [5.41, 5.74) is 2.28. The van der Waals surface area contributed by atoms with E-state index < -0.39 is 0 Å². The highest BCUT2D eigenvalue weighted by molar-refractivity contribution is 7.21. The highest BCUT2D eigenvalue weighted by Crippen LogP contribution is 2.32. The Kier molecular flexibility index (Phi) is 6.21. The van der Waals surface area contributed by atoms with Gasteiger partial charge in [0.25, 0.3) is 11.8 Å². The third-order valence-electron chi connectivity index (χ3n) is 5.76. The van der Waals surface area contributed by atoms with Crippen LogP contribution in [0.4, 0.5) is 5.00 Å². The Morgan fingerprint density at radius 3 is 2.79 bits per heavy atom. The quantitative estimate of drug-likeness (QED) is 0.359. The second kappa shape index (κ2) is 9.29. The molecule has 0 aromatic carbocycles. The van der Waals surface area contributed by atoms with Crippen molar-refractivity contribution in [2.75, 3.05) is 31.5 Å². The molecule has 0 saturated carbocycles. The van der Waals surface area contributed by atoms with Crippen LogP contribution in [0, 0.1) is 6.92 Å². The van der Waals surface area contributed by atoms with Crippen LogP contribution in [-0.4, -0.2) is 73.5 Å². The molecule has 1 aliphatic heterocycles. The monoisotopic (exact) mass is 499 g/mol. The minimum Gasteiger partial charge on any atom is -0.392 e. The number of anilines is 1. The van der Waals surface area contributed by atoms with E-state index >= 15 is 0 Å². The maximum Gasteiger partial charge on any atom is 0.261 e. The summed E-state index contributed by atoms with van der Waals surface area (Å²) in [5.74, 6) is -0.431. The highest BCUT2D eigenvalue weighted by atomic mass is 32.1. The van der Waals surface area contributed by atoms with Crippen molar-refractivity contribution in [2.24, 2.45) is 7.05 Å². The number of carbonyl (C=O) groups is 2. The molecule has 5 rings (SSSR count). The van der Waals surface area contributed by atoms with Gasteiger partial charge in [0.1, 0.15) is 4.83 Å². The summed E-state index contributed by atoms with van der Waals surface area (Å²) >= 11 is 2.73. The van der Waals surface area contributed by atoms with Crippen molar-refractivity contribution in [3.8, 4) is 10.4 Å². The molecular weight excluding hydrogens is 474 g/mol. The zero-order valence-corrected chi connectivity index (χ0v) is 20.4. The van der Waals surface area contributed by atoms with E-state index in [-0.39, 0.29) is 17.9 Å². The number of thiophene rings is 1. The molecule has 178 valence electrons. The smallest absolute Gasteiger partial charge is 0.261 e. The molecule has 34 heavy (non-hydrogen) atoms. The van der Waals surface area contributed by atoms with E-state index in [0.717, 1.165) is 33.8 Å². The summed E-state index contributed by atoms with van der Waals surface area (Å²) in [6.07, 6.45) is 7.65. The Labute approximate surface area is 203 Å². The largest absolute Gasteiger partial charge is 0.392 e. The number of rotatable bonds is 7. The summed E-state index contributed by atoms with van der Waals surface area (Å²) in [6, 6.07) is 1.79. The Hall–Kier alpha value is -3.06. The van der Waals surface area contributed by atoms with Gasteiger partial charge in [-0.05, 0) is 25.0 Å². The fraction of sp³-hybridized carbons (Fsp3) is 0.364. The molecule has 4 aromatic heterocycles. The number of hydrogen-bond acceptors (Lipinski definition) is 8. The second-order valence-electron chi connectivity index (χ2n) is 8.38. The van der Waals surface area contributed by atoms with E-state index in [1.54, 1.807) is 27.7 Å². The van der Waals surface area contributed by atoms with Gasteiger partial charge in [-0.3, -0.25) is 19.2 Å². The van der Waals surface area contributed by atoms with Gasteiger partial charge in [-0.2, -0.15) is 10.2 Å². The lowest BCUT2D eigenvalue weighted by molar-refractivity contribution is 0.0952. The molecule has 1 atom stereocenters. The van der Waals surface area contributed by atoms with Crippen molar-refractivity contribution in [1.82, 2.24) is 29.6 Å². The number of hydrogen-bond donors (Lipinski definition) is 3. The van der Waals surface area contributed by atoms with Crippen molar-refractivity contribution < 1.29 is 14.7 Å². The van der Waals surface area contributed by atoms with Gasteiger partial charge >= 0.3 is 0 Å². The minimum absolute atomic E-state index is 0.166. The van der Waals surface area contributed by atoms with Crippen LogP contribution >= 0.6 is 22.7 Å². The van der Waals surface area contributed by atoms with Crippen LogP contribution in [0.2, 0.25) is 0 Å². The predicted molar refractivity (Wildman–Crippen MR) is 132 cm³/mol. The Morgan fingerprint density at radius 1 is 1.21 bits per heavy atom. The number of amides is 2. The van der Waals surface area contributed by atoms with Crippen molar-refractivity contribution >= 4 is 44.3 Å². The average Bonchev–Trinajstić information content (AvgIpc) is 3.59. The first-order valence-corrected chi connectivity index (χ1v) is 12.6. The molecule has 1 fully saturated rings. The zero-order chi connectivity index (χ0) is 23.8. The molecule has 1 aliphatic rings. The summed E-state index contributed by atoms with van der Waals surface area (Å²) < 4.78 is 3.43. The lowest BCUT2D eigenvalue weighted by Crippen LogP contribution is -2.33. The molecule has 1 saturated heterocycles. The molecule has 0 aliphatic carbocycles. The molecule has 2 amide bonds. The van der Waals surface area contributed by atoms with Crippen LogP contribution < -0.4 is 10.6 Å². The SMILES string of the molecule is Cc1cc(C(=O)NCCN2CCC(O)C2)sc1NC(=O)c1cnn2cc(-c3cnn(C)c3)sc12. The fourth-order valence-corrected chi connectivity index (χ4v) is 5.96. The van der Waals surface area contributed by atoms with E-state index in [2.05, 4.69) is 25.7 Å². The van der Waals surface area contributed by atoms with Crippen molar-refractivity contribution in [3.63, 3.8) is 0 Å². The lowest BCUT2D eigenvalue weighted by Gasteiger charge is -2.14. The number of aryl methyl sites for hydroxylation is 2. The average molecular weight is 500 g/mol. The number of thiazole rings is 1. The maximum absolute atomic E-state index is 13.0.